The van der Waals surface area contributed by atoms with E-state index in [2.05, 4.69) is 20.5 Å². The average molecular weight is 533 g/mol. The first-order valence-electron chi connectivity index (χ1n) is 12.4. The van der Waals surface area contributed by atoms with Crippen LogP contribution in [0.4, 0.5) is 9.59 Å². The van der Waals surface area contributed by atoms with Gasteiger partial charge in [-0.3, -0.25) is 0 Å². The number of carbonyl (C=O) groups excluding carboxylic acids is 3. The molecule has 1 aromatic carbocycles. The molecule has 2 N–H and O–H groups in total. The Morgan fingerprint density at radius 1 is 1.16 bits per heavy atom. The van der Waals surface area contributed by atoms with Crippen LogP contribution in [0.1, 0.15) is 60.3 Å². The summed E-state index contributed by atoms with van der Waals surface area (Å²) in [4.78, 5) is 43.9. The van der Waals surface area contributed by atoms with E-state index in [0.29, 0.717) is 18.0 Å². The first-order valence-corrected chi connectivity index (χ1v) is 13.2. The summed E-state index contributed by atoms with van der Waals surface area (Å²) >= 11 is 1.36. The minimum atomic E-state index is -0.625. The molecular weight excluding hydrogens is 496 g/mol. The van der Waals surface area contributed by atoms with E-state index in [1.165, 1.54) is 11.3 Å². The molecular formula is C26H36N4O6S. The molecule has 2 amide bonds. The molecule has 0 spiro atoms. The number of aromatic nitrogens is 1. The fourth-order valence-electron chi connectivity index (χ4n) is 3.90. The lowest BCUT2D eigenvalue weighted by atomic mass is 10.1. The molecule has 2 atom stereocenters. The molecule has 202 valence electrons. The van der Waals surface area contributed by atoms with E-state index in [1.54, 1.807) is 33.9 Å². The van der Waals surface area contributed by atoms with Gasteiger partial charge in [0.1, 0.15) is 17.1 Å². The number of carbonyl (C=O) groups is 3. The quantitative estimate of drug-likeness (QED) is 0.349. The number of ether oxygens (including phenoxy) is 3. The molecule has 2 aromatic rings. The largest absolute Gasteiger partial charge is 0.462 e. The number of nitrogens with one attached hydrogen (secondary N) is 2. The predicted octanol–water partition coefficient (Wildman–Crippen LogP) is 3.93. The number of likely N-dealkylation sites (tertiary alicyclic amines) is 1. The van der Waals surface area contributed by atoms with Crippen LogP contribution in [-0.2, 0) is 20.8 Å². The van der Waals surface area contributed by atoms with Crippen molar-refractivity contribution in [2.75, 3.05) is 32.8 Å². The van der Waals surface area contributed by atoms with Gasteiger partial charge in [-0.1, -0.05) is 30.3 Å². The Hall–Kier alpha value is -3.18. The van der Waals surface area contributed by atoms with Gasteiger partial charge in [0.05, 0.1) is 23.9 Å². The van der Waals surface area contributed by atoms with Gasteiger partial charge in [-0.05, 0) is 46.2 Å². The zero-order valence-electron chi connectivity index (χ0n) is 21.8. The Bertz CT molecular complexity index is 1040. The third kappa shape index (κ3) is 9.66. The lowest BCUT2D eigenvalue weighted by Crippen LogP contribution is -2.50. The smallest absolute Gasteiger partial charge is 0.407 e. The number of nitrogens with zero attached hydrogens (tertiary/aromatic N) is 2. The number of alkyl carbamates (subject to hydrolysis) is 2. The van der Waals surface area contributed by atoms with Crippen molar-refractivity contribution in [1.82, 2.24) is 20.5 Å². The molecule has 0 aliphatic carbocycles. The van der Waals surface area contributed by atoms with Crippen molar-refractivity contribution in [2.45, 2.75) is 58.3 Å². The van der Waals surface area contributed by atoms with E-state index in [1.807, 2.05) is 30.3 Å². The van der Waals surface area contributed by atoms with Gasteiger partial charge in [0, 0.05) is 25.6 Å². The summed E-state index contributed by atoms with van der Waals surface area (Å²) in [6, 6.07) is 9.02. The summed E-state index contributed by atoms with van der Waals surface area (Å²) in [5.41, 5.74) is 0.258. The molecule has 1 aromatic heterocycles. The Morgan fingerprint density at radius 3 is 2.62 bits per heavy atom. The van der Waals surface area contributed by atoms with Crippen LogP contribution in [0.5, 0.6) is 0 Å². The molecule has 1 aliphatic rings. The van der Waals surface area contributed by atoms with Crippen molar-refractivity contribution in [3.8, 4) is 0 Å². The van der Waals surface area contributed by atoms with Gasteiger partial charge < -0.3 is 29.7 Å². The van der Waals surface area contributed by atoms with Crippen molar-refractivity contribution in [2.24, 2.45) is 0 Å². The number of hydrogen-bond donors (Lipinski definition) is 2. The van der Waals surface area contributed by atoms with Gasteiger partial charge in [0.2, 0.25) is 0 Å². The monoisotopic (exact) mass is 532 g/mol. The minimum Gasteiger partial charge on any atom is -0.462 e. The van der Waals surface area contributed by atoms with Crippen LogP contribution in [0.2, 0.25) is 0 Å². The summed E-state index contributed by atoms with van der Waals surface area (Å²) in [5, 5.41) is 6.51. The van der Waals surface area contributed by atoms with Crippen LogP contribution in [0.15, 0.2) is 36.5 Å². The molecule has 0 saturated carbocycles. The maximum Gasteiger partial charge on any atom is 0.407 e. The highest BCUT2D eigenvalue weighted by molar-refractivity contribution is 7.13. The normalized spacial score (nSPS) is 16.6. The number of hydrogen-bond acceptors (Lipinski definition) is 9. The highest BCUT2D eigenvalue weighted by atomic mass is 32.1. The molecule has 0 radical (unpaired) electrons. The van der Waals surface area contributed by atoms with Crippen molar-refractivity contribution in [3.63, 3.8) is 0 Å². The van der Waals surface area contributed by atoms with Gasteiger partial charge in [0.25, 0.3) is 0 Å². The number of benzene rings is 1. The topological polar surface area (TPSA) is 119 Å². The summed E-state index contributed by atoms with van der Waals surface area (Å²) < 4.78 is 15.8. The minimum absolute atomic E-state index is 0.150. The average Bonchev–Trinajstić information content (AvgIpc) is 3.51. The van der Waals surface area contributed by atoms with E-state index >= 15 is 0 Å². The van der Waals surface area contributed by atoms with Gasteiger partial charge in [-0.2, -0.15) is 0 Å². The molecule has 37 heavy (non-hydrogen) atoms. The molecule has 0 bridgehead atoms. The second-order valence-electron chi connectivity index (χ2n) is 9.81. The predicted molar refractivity (Wildman–Crippen MR) is 140 cm³/mol. The van der Waals surface area contributed by atoms with Crippen LogP contribution in [0, 0.1) is 0 Å². The van der Waals surface area contributed by atoms with E-state index in [4.69, 9.17) is 14.2 Å². The summed E-state index contributed by atoms with van der Waals surface area (Å²) in [5.74, 6) is -0.176. The van der Waals surface area contributed by atoms with E-state index in [0.717, 1.165) is 30.1 Å². The van der Waals surface area contributed by atoms with Crippen LogP contribution in [-0.4, -0.2) is 72.5 Å². The van der Waals surface area contributed by atoms with Gasteiger partial charge >= 0.3 is 18.2 Å². The van der Waals surface area contributed by atoms with E-state index in [9.17, 15) is 14.4 Å². The van der Waals surface area contributed by atoms with Crippen LogP contribution in [0.25, 0.3) is 0 Å². The lowest BCUT2D eigenvalue weighted by molar-refractivity contribution is 0.0512. The maximum absolute atomic E-state index is 12.5. The number of rotatable bonds is 10. The van der Waals surface area contributed by atoms with E-state index < -0.39 is 23.8 Å². The number of esters is 1. The van der Waals surface area contributed by atoms with Crippen LogP contribution in [0.3, 0.4) is 0 Å². The second-order valence-corrected chi connectivity index (χ2v) is 10.9. The zero-order chi connectivity index (χ0) is 26.8. The molecule has 2 heterocycles. The third-order valence-corrected chi connectivity index (χ3v) is 6.67. The van der Waals surface area contributed by atoms with Gasteiger partial charge in [0.15, 0.2) is 0 Å². The fourth-order valence-corrected chi connectivity index (χ4v) is 4.84. The van der Waals surface area contributed by atoms with Crippen molar-refractivity contribution >= 4 is 29.5 Å². The molecule has 0 unspecified atom stereocenters. The molecule has 3 rings (SSSR count). The lowest BCUT2D eigenvalue weighted by Gasteiger charge is -2.26. The molecule has 11 heteroatoms. The molecule has 10 nitrogen and oxygen atoms in total. The molecule has 1 aliphatic heterocycles. The highest BCUT2D eigenvalue weighted by Gasteiger charge is 2.29. The standard InChI is InChI=1S/C26H36N4O6S/c1-5-34-23(31)21-14-27-22(37-21)19-11-12-30(15-19)16-20(13-28-24(32)36-26(2,3)4)29-25(33)35-17-18-9-7-6-8-10-18/h6-10,14,19-20H,5,11-13,15-17H2,1-4H3,(H,28,32)(H,29,33)/t19-,20-/m1/s1. The Morgan fingerprint density at radius 2 is 1.92 bits per heavy atom. The first kappa shape index (κ1) is 28.4. The number of amides is 2. The van der Waals surface area contributed by atoms with Crippen LogP contribution >= 0.6 is 11.3 Å². The summed E-state index contributed by atoms with van der Waals surface area (Å²) in [6.45, 7) is 9.82. The fraction of sp³-hybridized carbons (Fsp3) is 0.538. The highest BCUT2D eigenvalue weighted by Crippen LogP contribution is 2.30. The SMILES string of the molecule is CCOC(=O)c1cnc([C@@H]2CCN(C[C@@H](CNC(=O)OC(C)(C)C)NC(=O)OCc3ccccc3)C2)s1. The number of thiazole rings is 1. The van der Waals surface area contributed by atoms with Crippen molar-refractivity contribution in [1.29, 1.82) is 0 Å². The van der Waals surface area contributed by atoms with Crippen LogP contribution < -0.4 is 10.6 Å². The first-order chi connectivity index (χ1) is 17.6. The molecule has 1 fully saturated rings. The summed E-state index contributed by atoms with van der Waals surface area (Å²) in [7, 11) is 0. The second kappa shape index (κ2) is 13.4. The van der Waals surface area contributed by atoms with E-state index in [-0.39, 0.29) is 25.0 Å². The Kier molecular flexibility index (Phi) is 10.3. The maximum atomic E-state index is 12.5. The Balaban J connectivity index is 1.56. The summed E-state index contributed by atoms with van der Waals surface area (Å²) in [6.07, 6.45) is 1.33. The van der Waals surface area contributed by atoms with Crippen molar-refractivity contribution in [3.05, 3.63) is 52.0 Å². The van der Waals surface area contributed by atoms with Crippen molar-refractivity contribution < 1.29 is 28.6 Å². The third-order valence-electron chi connectivity index (χ3n) is 5.53. The van der Waals surface area contributed by atoms with Gasteiger partial charge in [-0.15, -0.1) is 11.3 Å². The van der Waals surface area contributed by atoms with Gasteiger partial charge in [-0.25, -0.2) is 19.4 Å². The zero-order valence-corrected chi connectivity index (χ0v) is 22.6. The Labute approximate surface area is 221 Å². The molecule has 1 saturated heterocycles.